The van der Waals surface area contributed by atoms with Gasteiger partial charge in [-0.15, -0.1) is 0 Å². The third kappa shape index (κ3) is 5.95. The molecule has 1 atom stereocenters. The lowest BCUT2D eigenvalue weighted by Gasteiger charge is -2.20. The van der Waals surface area contributed by atoms with Crippen molar-refractivity contribution in [1.29, 1.82) is 0 Å². The van der Waals surface area contributed by atoms with Crippen molar-refractivity contribution >= 4 is 11.8 Å². The number of aryl methyl sites for hydroxylation is 1. The normalized spacial score (nSPS) is 11.6. The van der Waals surface area contributed by atoms with Gasteiger partial charge in [-0.3, -0.25) is 9.59 Å². The summed E-state index contributed by atoms with van der Waals surface area (Å²) >= 11 is 0. The zero-order chi connectivity index (χ0) is 23.8. The van der Waals surface area contributed by atoms with E-state index in [9.17, 15) is 14.0 Å². The molecule has 1 heterocycles. The van der Waals surface area contributed by atoms with Crippen LogP contribution in [-0.2, 0) is 9.53 Å². The van der Waals surface area contributed by atoms with Crippen molar-refractivity contribution in [2.24, 2.45) is 0 Å². The van der Waals surface area contributed by atoms with Crippen LogP contribution in [0, 0.1) is 12.7 Å². The Morgan fingerprint density at radius 3 is 2.55 bits per heavy atom. The van der Waals surface area contributed by atoms with Crippen molar-refractivity contribution in [3.05, 3.63) is 77.2 Å². The zero-order valence-corrected chi connectivity index (χ0v) is 18.8. The first kappa shape index (κ1) is 23.9. The highest BCUT2D eigenvalue weighted by Gasteiger charge is 2.24. The lowest BCUT2D eigenvalue weighted by Crippen LogP contribution is -2.35. The van der Waals surface area contributed by atoms with Crippen molar-refractivity contribution in [1.82, 2.24) is 20.4 Å². The fourth-order valence-corrected chi connectivity index (χ4v) is 3.42. The molecule has 0 fully saturated rings. The molecule has 3 rings (SSSR count). The highest BCUT2D eigenvalue weighted by atomic mass is 19.1. The van der Waals surface area contributed by atoms with Gasteiger partial charge in [-0.25, -0.2) is 4.39 Å². The number of hydrogen-bond donors (Lipinski definition) is 2. The second-order valence-corrected chi connectivity index (χ2v) is 7.36. The average molecular weight is 455 g/mol. The number of ether oxygens (including phenoxy) is 2. The van der Waals surface area contributed by atoms with E-state index in [1.54, 1.807) is 19.2 Å². The number of aromatic nitrogens is 2. The number of nitrogens with one attached hydrogen (secondary N) is 2. The Bertz CT molecular complexity index is 1120. The van der Waals surface area contributed by atoms with Gasteiger partial charge in [-0.2, -0.15) is 9.78 Å². The fourth-order valence-electron chi connectivity index (χ4n) is 3.42. The van der Waals surface area contributed by atoms with Gasteiger partial charge in [0.2, 0.25) is 11.8 Å². The Labute approximate surface area is 191 Å². The van der Waals surface area contributed by atoms with Gasteiger partial charge >= 0.3 is 0 Å². The lowest BCUT2D eigenvalue weighted by atomic mass is 9.98. The SMILES string of the molecule is COCCNC(=O)C[C@H](NC(=O)c1cc(OC)n(-c2ccccc2F)n1)c1ccccc1C. The number of methoxy groups -OCH3 is 2. The predicted octanol–water partition coefficient (Wildman–Crippen LogP) is 2.95. The number of carbonyl (C=O) groups is 2. The Kier molecular flexibility index (Phi) is 8.15. The molecule has 0 aliphatic rings. The van der Waals surface area contributed by atoms with Crippen molar-refractivity contribution in [3.63, 3.8) is 0 Å². The third-order valence-electron chi connectivity index (χ3n) is 5.09. The van der Waals surface area contributed by atoms with E-state index in [0.29, 0.717) is 13.2 Å². The number of para-hydroxylation sites is 1. The van der Waals surface area contributed by atoms with Gasteiger partial charge in [0.25, 0.3) is 5.91 Å². The van der Waals surface area contributed by atoms with Gasteiger partial charge in [0.15, 0.2) is 5.69 Å². The van der Waals surface area contributed by atoms with Gasteiger partial charge in [0.1, 0.15) is 11.5 Å². The van der Waals surface area contributed by atoms with Gasteiger partial charge in [-0.05, 0) is 30.2 Å². The summed E-state index contributed by atoms with van der Waals surface area (Å²) in [6.45, 7) is 2.67. The maximum Gasteiger partial charge on any atom is 0.272 e. The van der Waals surface area contributed by atoms with E-state index in [-0.39, 0.29) is 29.6 Å². The molecule has 0 spiro atoms. The van der Waals surface area contributed by atoms with Crippen molar-refractivity contribution in [3.8, 4) is 11.6 Å². The van der Waals surface area contributed by atoms with Crippen LogP contribution in [0.1, 0.15) is 34.1 Å². The number of carbonyl (C=O) groups excluding carboxylic acids is 2. The maximum absolute atomic E-state index is 14.3. The predicted molar refractivity (Wildman–Crippen MR) is 121 cm³/mol. The number of nitrogens with zero attached hydrogens (tertiary/aromatic N) is 2. The van der Waals surface area contributed by atoms with Gasteiger partial charge in [0.05, 0.1) is 26.2 Å². The Hall–Kier alpha value is -3.72. The number of rotatable bonds is 10. The van der Waals surface area contributed by atoms with Crippen LogP contribution in [0.15, 0.2) is 54.6 Å². The van der Waals surface area contributed by atoms with Crippen LogP contribution in [0.25, 0.3) is 5.69 Å². The summed E-state index contributed by atoms with van der Waals surface area (Å²) in [5.41, 5.74) is 1.94. The van der Waals surface area contributed by atoms with Crippen molar-refractivity contribution in [2.75, 3.05) is 27.4 Å². The molecule has 0 aliphatic carbocycles. The van der Waals surface area contributed by atoms with Crippen LogP contribution in [0.5, 0.6) is 5.88 Å². The maximum atomic E-state index is 14.3. The van der Waals surface area contributed by atoms with Crippen LogP contribution in [0.3, 0.4) is 0 Å². The molecule has 0 radical (unpaired) electrons. The fraction of sp³-hybridized carbons (Fsp3) is 0.292. The third-order valence-corrected chi connectivity index (χ3v) is 5.09. The molecule has 0 aliphatic heterocycles. The molecular formula is C24H27FN4O4. The highest BCUT2D eigenvalue weighted by molar-refractivity contribution is 5.93. The van der Waals surface area contributed by atoms with Crippen LogP contribution in [0.2, 0.25) is 0 Å². The molecule has 8 nitrogen and oxygen atoms in total. The Morgan fingerprint density at radius 1 is 1.12 bits per heavy atom. The van der Waals surface area contributed by atoms with Gasteiger partial charge < -0.3 is 20.1 Å². The summed E-state index contributed by atoms with van der Waals surface area (Å²) in [7, 11) is 2.97. The monoisotopic (exact) mass is 454 g/mol. The summed E-state index contributed by atoms with van der Waals surface area (Å²) < 4.78 is 25.8. The van der Waals surface area contributed by atoms with Crippen molar-refractivity contribution in [2.45, 2.75) is 19.4 Å². The van der Waals surface area contributed by atoms with E-state index in [4.69, 9.17) is 9.47 Å². The molecular weight excluding hydrogens is 427 g/mol. The van der Waals surface area contributed by atoms with Crippen molar-refractivity contribution < 1.29 is 23.5 Å². The summed E-state index contributed by atoms with van der Waals surface area (Å²) in [5, 5.41) is 9.90. The first-order valence-electron chi connectivity index (χ1n) is 10.5. The standard InChI is InChI=1S/C24H27FN4O4/c1-16-8-4-5-9-17(16)19(14-22(30)26-12-13-32-2)27-24(31)20-15-23(33-3)29(28-20)21-11-7-6-10-18(21)25/h4-11,15,19H,12-14H2,1-3H3,(H,26,30)(H,27,31)/t19-/m0/s1. The molecule has 2 N–H and O–H groups in total. The van der Waals surface area contributed by atoms with Gasteiger partial charge in [0, 0.05) is 19.7 Å². The van der Waals surface area contributed by atoms with Crippen LogP contribution >= 0.6 is 0 Å². The number of amides is 2. The lowest BCUT2D eigenvalue weighted by molar-refractivity contribution is -0.121. The smallest absolute Gasteiger partial charge is 0.272 e. The molecule has 0 saturated carbocycles. The molecule has 2 amide bonds. The number of halogens is 1. The molecule has 2 aromatic carbocycles. The molecule has 0 unspecified atom stereocenters. The van der Waals surface area contributed by atoms with E-state index < -0.39 is 17.8 Å². The number of benzene rings is 2. The van der Waals surface area contributed by atoms with Crippen LogP contribution < -0.4 is 15.4 Å². The first-order chi connectivity index (χ1) is 15.9. The second kappa shape index (κ2) is 11.2. The first-order valence-corrected chi connectivity index (χ1v) is 10.5. The molecule has 0 bridgehead atoms. The molecule has 1 aromatic heterocycles. The minimum atomic E-state index is -0.592. The van der Waals surface area contributed by atoms with E-state index in [1.807, 2.05) is 31.2 Å². The highest BCUT2D eigenvalue weighted by Crippen LogP contribution is 2.24. The molecule has 0 saturated heterocycles. The quantitative estimate of drug-likeness (QED) is 0.460. The molecule has 33 heavy (non-hydrogen) atoms. The van der Waals surface area contributed by atoms with E-state index >= 15 is 0 Å². The molecule has 3 aromatic rings. The van der Waals surface area contributed by atoms with Gasteiger partial charge in [-0.1, -0.05) is 36.4 Å². The second-order valence-electron chi connectivity index (χ2n) is 7.36. The number of hydrogen-bond acceptors (Lipinski definition) is 5. The summed E-state index contributed by atoms with van der Waals surface area (Å²) in [6.07, 6.45) is 0.0332. The topological polar surface area (TPSA) is 94.5 Å². The van der Waals surface area contributed by atoms with E-state index in [1.165, 1.54) is 30.0 Å². The zero-order valence-electron chi connectivity index (χ0n) is 18.8. The van der Waals surface area contributed by atoms with Crippen LogP contribution in [-0.4, -0.2) is 49.0 Å². The summed E-state index contributed by atoms with van der Waals surface area (Å²) in [4.78, 5) is 25.5. The van der Waals surface area contributed by atoms with E-state index in [2.05, 4.69) is 15.7 Å². The average Bonchev–Trinajstić information content (AvgIpc) is 3.24. The minimum Gasteiger partial charge on any atom is -0.481 e. The summed E-state index contributed by atoms with van der Waals surface area (Å²) in [6, 6.07) is 14.4. The largest absolute Gasteiger partial charge is 0.481 e. The Morgan fingerprint density at radius 2 is 1.85 bits per heavy atom. The molecule has 9 heteroatoms. The Balaban J connectivity index is 1.85. The summed E-state index contributed by atoms with van der Waals surface area (Å²) in [5.74, 6) is -1.04. The minimum absolute atomic E-state index is 0.0332. The molecule has 174 valence electrons. The van der Waals surface area contributed by atoms with E-state index in [0.717, 1.165) is 11.1 Å². The van der Waals surface area contributed by atoms with Crippen LogP contribution in [0.4, 0.5) is 4.39 Å².